The van der Waals surface area contributed by atoms with E-state index in [0.717, 1.165) is 5.75 Å². The van der Waals surface area contributed by atoms with Gasteiger partial charge in [-0.3, -0.25) is 4.79 Å². The third-order valence-electron chi connectivity index (χ3n) is 3.83. The maximum absolute atomic E-state index is 12.4. The number of carbonyl (C=O) groups excluding carboxylic acids is 1. The fourth-order valence-corrected chi connectivity index (χ4v) is 2.62. The molecule has 132 valence electrons. The summed E-state index contributed by atoms with van der Waals surface area (Å²) in [5, 5.41) is 3.50. The average Bonchev–Trinajstić information content (AvgIpc) is 2.65. The van der Waals surface area contributed by atoms with Crippen LogP contribution in [0, 0.1) is 0 Å². The molecular weight excluding hydrogens is 342 g/mol. The molecule has 0 fully saturated rings. The zero-order valence-electron chi connectivity index (χ0n) is 13.9. The van der Waals surface area contributed by atoms with Gasteiger partial charge in [0.25, 0.3) is 5.91 Å². The minimum atomic E-state index is -0.571. The van der Waals surface area contributed by atoms with E-state index >= 15 is 0 Å². The zero-order valence-corrected chi connectivity index (χ0v) is 14.7. The van der Waals surface area contributed by atoms with E-state index in [-0.39, 0.29) is 12.0 Å². The Balaban J connectivity index is 1.52. The van der Waals surface area contributed by atoms with Crippen LogP contribution in [0.15, 0.2) is 48.5 Å². The van der Waals surface area contributed by atoms with Crippen molar-refractivity contribution in [3.8, 4) is 17.2 Å². The lowest BCUT2D eigenvalue weighted by Gasteiger charge is -2.27. The third-order valence-corrected chi connectivity index (χ3v) is 4.08. The Bertz CT molecular complexity index is 720. The van der Waals surface area contributed by atoms with Crippen LogP contribution >= 0.6 is 11.6 Å². The predicted octanol–water partition coefficient (Wildman–Crippen LogP) is 3.45. The number of rotatable bonds is 6. The highest BCUT2D eigenvalue weighted by Crippen LogP contribution is 2.30. The van der Waals surface area contributed by atoms with E-state index in [1.807, 2.05) is 31.2 Å². The minimum absolute atomic E-state index is 0.181. The fourth-order valence-electron chi connectivity index (χ4n) is 2.49. The molecule has 0 saturated carbocycles. The van der Waals surface area contributed by atoms with Crippen molar-refractivity contribution in [2.75, 3.05) is 13.2 Å². The van der Waals surface area contributed by atoms with E-state index in [4.69, 9.17) is 25.8 Å². The summed E-state index contributed by atoms with van der Waals surface area (Å²) in [6.45, 7) is 2.65. The van der Waals surface area contributed by atoms with Crippen LogP contribution in [-0.2, 0) is 4.79 Å². The molecule has 0 aliphatic carbocycles. The predicted molar refractivity (Wildman–Crippen MR) is 95.5 cm³/mol. The molecule has 1 heterocycles. The summed E-state index contributed by atoms with van der Waals surface area (Å²) in [5.41, 5.74) is 0. The second-order valence-electron chi connectivity index (χ2n) is 5.71. The first-order valence-electron chi connectivity index (χ1n) is 8.24. The Labute approximate surface area is 151 Å². The van der Waals surface area contributed by atoms with Crippen LogP contribution in [-0.4, -0.2) is 31.3 Å². The molecule has 0 spiro atoms. The lowest BCUT2D eigenvalue weighted by atomic mass is 10.2. The van der Waals surface area contributed by atoms with Gasteiger partial charge in [0.15, 0.2) is 17.6 Å². The molecule has 0 aromatic heterocycles. The highest BCUT2D eigenvalue weighted by atomic mass is 35.5. The molecule has 1 aliphatic rings. The van der Waals surface area contributed by atoms with E-state index in [2.05, 4.69) is 5.32 Å². The number of nitrogens with one attached hydrogen (secondary N) is 1. The van der Waals surface area contributed by atoms with Crippen LogP contribution in [0.5, 0.6) is 17.2 Å². The molecule has 0 radical (unpaired) electrons. The van der Waals surface area contributed by atoms with Crippen molar-refractivity contribution in [1.82, 2.24) is 5.32 Å². The number of benzene rings is 2. The Morgan fingerprint density at radius 3 is 2.68 bits per heavy atom. The van der Waals surface area contributed by atoms with Crippen molar-refractivity contribution in [3.05, 3.63) is 53.6 Å². The van der Waals surface area contributed by atoms with Crippen LogP contribution in [0.2, 0.25) is 5.02 Å². The van der Waals surface area contributed by atoms with Crippen molar-refractivity contribution >= 4 is 17.5 Å². The summed E-state index contributed by atoms with van der Waals surface area (Å²) in [6, 6.07) is 14.4. The van der Waals surface area contributed by atoms with Gasteiger partial charge in [0, 0.05) is 5.02 Å². The average molecular weight is 362 g/mol. The molecule has 0 saturated heterocycles. The Kier molecular flexibility index (Phi) is 5.66. The van der Waals surface area contributed by atoms with Crippen LogP contribution in [0.3, 0.4) is 0 Å². The van der Waals surface area contributed by atoms with Gasteiger partial charge in [0.05, 0.1) is 6.54 Å². The molecule has 0 bridgehead atoms. The Hall–Kier alpha value is -2.40. The van der Waals surface area contributed by atoms with Crippen molar-refractivity contribution in [2.45, 2.75) is 25.6 Å². The molecule has 0 unspecified atom stereocenters. The molecule has 2 aromatic rings. The molecule has 1 amide bonds. The summed E-state index contributed by atoms with van der Waals surface area (Å²) >= 11 is 5.86. The number of amides is 1. The Morgan fingerprint density at radius 2 is 1.96 bits per heavy atom. The molecule has 2 atom stereocenters. The van der Waals surface area contributed by atoms with Gasteiger partial charge in [-0.05, 0) is 42.8 Å². The van der Waals surface area contributed by atoms with E-state index < -0.39 is 6.10 Å². The highest BCUT2D eigenvalue weighted by molar-refractivity contribution is 6.30. The quantitative estimate of drug-likeness (QED) is 0.856. The second kappa shape index (κ2) is 8.12. The first kappa shape index (κ1) is 17.4. The number of ether oxygens (including phenoxy) is 3. The number of halogens is 1. The smallest absolute Gasteiger partial charge is 0.261 e. The van der Waals surface area contributed by atoms with Gasteiger partial charge in [0.2, 0.25) is 0 Å². The molecule has 3 rings (SSSR count). The SMILES string of the molecule is CC[C@H](Oc1ccc(Cl)cc1)C(=O)NC[C@H]1COc2ccccc2O1. The van der Waals surface area contributed by atoms with Crippen LogP contribution < -0.4 is 19.5 Å². The number of carbonyl (C=O) groups is 1. The summed E-state index contributed by atoms with van der Waals surface area (Å²) in [7, 11) is 0. The third kappa shape index (κ3) is 4.57. The highest BCUT2D eigenvalue weighted by Gasteiger charge is 2.23. The number of hydrogen-bond acceptors (Lipinski definition) is 4. The van der Waals surface area contributed by atoms with Gasteiger partial charge in [-0.1, -0.05) is 30.7 Å². The van der Waals surface area contributed by atoms with E-state index in [9.17, 15) is 4.79 Å². The van der Waals surface area contributed by atoms with Gasteiger partial charge in [-0.15, -0.1) is 0 Å². The number of para-hydroxylation sites is 2. The summed E-state index contributed by atoms with van der Waals surface area (Å²) in [6.07, 6.45) is -0.246. The largest absolute Gasteiger partial charge is 0.486 e. The maximum atomic E-state index is 12.4. The number of hydrogen-bond donors (Lipinski definition) is 1. The van der Waals surface area contributed by atoms with E-state index in [1.54, 1.807) is 24.3 Å². The zero-order chi connectivity index (χ0) is 17.6. The van der Waals surface area contributed by atoms with Crippen LogP contribution in [0.25, 0.3) is 0 Å². The molecule has 6 heteroatoms. The fraction of sp³-hybridized carbons (Fsp3) is 0.316. The van der Waals surface area contributed by atoms with Gasteiger partial charge in [-0.25, -0.2) is 0 Å². The molecule has 25 heavy (non-hydrogen) atoms. The molecule has 2 aromatic carbocycles. The van der Waals surface area contributed by atoms with Gasteiger partial charge >= 0.3 is 0 Å². The van der Waals surface area contributed by atoms with E-state index in [0.29, 0.717) is 36.1 Å². The summed E-state index contributed by atoms with van der Waals surface area (Å²) in [5.74, 6) is 1.84. The molecule has 5 nitrogen and oxygen atoms in total. The lowest BCUT2D eigenvalue weighted by Crippen LogP contribution is -2.45. The van der Waals surface area contributed by atoms with Crippen molar-refractivity contribution in [1.29, 1.82) is 0 Å². The molecule has 1 N–H and O–H groups in total. The normalized spacial score (nSPS) is 16.8. The summed E-state index contributed by atoms with van der Waals surface area (Å²) < 4.78 is 17.2. The van der Waals surface area contributed by atoms with Crippen molar-refractivity contribution in [3.63, 3.8) is 0 Å². The first-order chi connectivity index (χ1) is 12.2. The van der Waals surface area contributed by atoms with Gasteiger partial charge in [-0.2, -0.15) is 0 Å². The van der Waals surface area contributed by atoms with Crippen LogP contribution in [0.4, 0.5) is 0 Å². The summed E-state index contributed by atoms with van der Waals surface area (Å²) in [4.78, 5) is 12.4. The lowest BCUT2D eigenvalue weighted by molar-refractivity contribution is -0.128. The molecule has 1 aliphatic heterocycles. The van der Waals surface area contributed by atoms with Crippen molar-refractivity contribution in [2.24, 2.45) is 0 Å². The number of fused-ring (bicyclic) bond motifs is 1. The minimum Gasteiger partial charge on any atom is -0.486 e. The van der Waals surface area contributed by atoms with Gasteiger partial charge < -0.3 is 19.5 Å². The molecular formula is C19H20ClNO4. The Morgan fingerprint density at radius 1 is 1.24 bits per heavy atom. The maximum Gasteiger partial charge on any atom is 0.261 e. The van der Waals surface area contributed by atoms with Crippen molar-refractivity contribution < 1.29 is 19.0 Å². The standard InChI is InChI=1S/C19H20ClNO4/c1-2-16(24-14-9-7-13(20)8-10-14)19(22)21-11-15-12-23-17-5-3-4-6-18(17)25-15/h3-10,15-16H,2,11-12H2,1H3,(H,21,22)/t15-,16-/m0/s1. The monoisotopic (exact) mass is 361 g/mol. The second-order valence-corrected chi connectivity index (χ2v) is 6.15. The van der Waals surface area contributed by atoms with Crippen LogP contribution in [0.1, 0.15) is 13.3 Å². The topological polar surface area (TPSA) is 56.8 Å². The van der Waals surface area contributed by atoms with E-state index in [1.165, 1.54) is 0 Å². The van der Waals surface area contributed by atoms with Gasteiger partial charge in [0.1, 0.15) is 18.5 Å². The first-order valence-corrected chi connectivity index (χ1v) is 8.62.